The molecule has 0 aliphatic carbocycles. The molecule has 0 aromatic carbocycles. The van der Waals surface area contributed by atoms with Gasteiger partial charge in [0.15, 0.2) is 0 Å². The van der Waals surface area contributed by atoms with Gasteiger partial charge in [-0.2, -0.15) is 0 Å². The number of rotatable bonds is 33. The highest BCUT2D eigenvalue weighted by Gasteiger charge is 2.11. The lowest BCUT2D eigenvalue weighted by atomic mass is 9.87. The Morgan fingerprint density at radius 3 is 0.579 bits per heavy atom. The molecule has 0 aromatic rings. The van der Waals surface area contributed by atoms with Crippen molar-refractivity contribution in [3.8, 4) is 0 Å². The number of hydrogen-bond acceptors (Lipinski definition) is 0. The highest BCUT2D eigenvalue weighted by molar-refractivity contribution is 4.65. The standard InChI is InChI=1S/C38H78/c1-5-9-13-17-21-26-32-37(31-25-20-16-12-8-4)35-29-24-30-36-38(33-27-22-18-14-10-6-2)34-28-23-19-15-11-7-3/h37-38H,5-36H2,1-4H3. The normalized spacial score (nSPS) is 12.6. The zero-order valence-electron chi connectivity index (χ0n) is 27.8. The molecule has 0 N–H and O–H groups in total. The highest BCUT2D eigenvalue weighted by atomic mass is 14.2. The lowest BCUT2D eigenvalue weighted by Crippen LogP contribution is -2.03. The average molecular weight is 535 g/mol. The van der Waals surface area contributed by atoms with Crippen molar-refractivity contribution in [1.29, 1.82) is 0 Å². The predicted octanol–water partition coefficient (Wildman–Crippen LogP) is 14.8. The fourth-order valence-corrected chi connectivity index (χ4v) is 6.59. The van der Waals surface area contributed by atoms with E-state index < -0.39 is 0 Å². The second kappa shape index (κ2) is 33.2. The zero-order chi connectivity index (χ0) is 27.8. The van der Waals surface area contributed by atoms with Crippen LogP contribution in [0.15, 0.2) is 0 Å². The number of unbranched alkanes of at least 4 members (excludes halogenated alkanes) is 21. The van der Waals surface area contributed by atoms with E-state index in [0.717, 1.165) is 11.8 Å². The van der Waals surface area contributed by atoms with Gasteiger partial charge in [-0.3, -0.25) is 0 Å². The van der Waals surface area contributed by atoms with Crippen molar-refractivity contribution in [3.05, 3.63) is 0 Å². The molecule has 0 amide bonds. The summed E-state index contributed by atoms with van der Waals surface area (Å²) >= 11 is 0. The van der Waals surface area contributed by atoms with Gasteiger partial charge >= 0.3 is 0 Å². The molecule has 0 saturated carbocycles. The molecule has 0 nitrogen and oxygen atoms in total. The molecule has 0 spiro atoms. The molecule has 0 fully saturated rings. The van der Waals surface area contributed by atoms with Gasteiger partial charge in [0.2, 0.25) is 0 Å². The molecular weight excluding hydrogens is 456 g/mol. The van der Waals surface area contributed by atoms with E-state index >= 15 is 0 Å². The molecule has 0 bridgehead atoms. The van der Waals surface area contributed by atoms with E-state index in [2.05, 4.69) is 27.7 Å². The van der Waals surface area contributed by atoms with Gasteiger partial charge in [0, 0.05) is 0 Å². The molecule has 0 aromatic heterocycles. The molecule has 0 saturated heterocycles. The Labute approximate surface area is 244 Å². The van der Waals surface area contributed by atoms with Crippen LogP contribution in [0.5, 0.6) is 0 Å². The minimum atomic E-state index is 1.03. The monoisotopic (exact) mass is 535 g/mol. The van der Waals surface area contributed by atoms with E-state index in [1.165, 1.54) is 205 Å². The topological polar surface area (TPSA) is 0 Å². The molecule has 38 heavy (non-hydrogen) atoms. The Hall–Kier alpha value is 0. The summed E-state index contributed by atoms with van der Waals surface area (Å²) in [5, 5.41) is 0. The first-order valence-electron chi connectivity index (χ1n) is 18.8. The molecule has 0 aliphatic rings. The minimum absolute atomic E-state index is 1.03. The average Bonchev–Trinajstić information content (AvgIpc) is 2.93. The first-order valence-corrected chi connectivity index (χ1v) is 18.8. The lowest BCUT2D eigenvalue weighted by Gasteiger charge is -2.19. The predicted molar refractivity (Wildman–Crippen MR) is 177 cm³/mol. The Morgan fingerprint density at radius 1 is 0.211 bits per heavy atom. The fourth-order valence-electron chi connectivity index (χ4n) is 6.59. The fraction of sp³-hybridized carbons (Fsp3) is 1.00. The maximum absolute atomic E-state index is 2.34. The second-order valence-electron chi connectivity index (χ2n) is 13.2. The Bertz CT molecular complexity index is 383. The van der Waals surface area contributed by atoms with Crippen LogP contribution in [-0.2, 0) is 0 Å². The summed E-state index contributed by atoms with van der Waals surface area (Å²) in [6.45, 7) is 9.34. The van der Waals surface area contributed by atoms with Gasteiger partial charge in [-0.25, -0.2) is 0 Å². The number of hydrogen-bond donors (Lipinski definition) is 0. The summed E-state index contributed by atoms with van der Waals surface area (Å²) in [7, 11) is 0. The molecule has 0 heterocycles. The molecule has 0 radical (unpaired) electrons. The van der Waals surface area contributed by atoms with Gasteiger partial charge < -0.3 is 0 Å². The van der Waals surface area contributed by atoms with Crippen LogP contribution in [0.1, 0.15) is 233 Å². The third kappa shape index (κ3) is 29.0. The van der Waals surface area contributed by atoms with E-state index in [-0.39, 0.29) is 0 Å². The van der Waals surface area contributed by atoms with Crippen molar-refractivity contribution in [2.45, 2.75) is 233 Å². The van der Waals surface area contributed by atoms with Crippen LogP contribution in [-0.4, -0.2) is 0 Å². The highest BCUT2D eigenvalue weighted by Crippen LogP contribution is 2.27. The maximum Gasteiger partial charge on any atom is -0.0414 e. The van der Waals surface area contributed by atoms with Crippen molar-refractivity contribution < 1.29 is 0 Å². The zero-order valence-corrected chi connectivity index (χ0v) is 27.8. The van der Waals surface area contributed by atoms with Crippen molar-refractivity contribution in [3.63, 3.8) is 0 Å². The van der Waals surface area contributed by atoms with Crippen molar-refractivity contribution in [1.82, 2.24) is 0 Å². The molecule has 0 heteroatoms. The quantitative estimate of drug-likeness (QED) is 0.0734. The van der Waals surface area contributed by atoms with Crippen molar-refractivity contribution in [2.24, 2.45) is 11.8 Å². The first kappa shape index (κ1) is 38.0. The SMILES string of the molecule is CCCCCCCCC(CCCCCCC)CCCCCC(CCCCCCCC)CCCCCCCC. The van der Waals surface area contributed by atoms with Crippen LogP contribution >= 0.6 is 0 Å². The third-order valence-electron chi connectivity index (χ3n) is 9.34. The molecule has 1 atom stereocenters. The third-order valence-corrected chi connectivity index (χ3v) is 9.34. The van der Waals surface area contributed by atoms with Crippen LogP contribution in [0.3, 0.4) is 0 Å². The van der Waals surface area contributed by atoms with Gasteiger partial charge in [0.1, 0.15) is 0 Å². The van der Waals surface area contributed by atoms with Crippen LogP contribution in [0.4, 0.5) is 0 Å². The van der Waals surface area contributed by atoms with Crippen molar-refractivity contribution >= 4 is 0 Å². The van der Waals surface area contributed by atoms with Crippen LogP contribution in [0, 0.1) is 11.8 Å². The van der Waals surface area contributed by atoms with E-state index in [1.807, 2.05) is 0 Å². The van der Waals surface area contributed by atoms with E-state index in [1.54, 1.807) is 0 Å². The van der Waals surface area contributed by atoms with Crippen LogP contribution in [0.25, 0.3) is 0 Å². The van der Waals surface area contributed by atoms with Gasteiger partial charge in [0.25, 0.3) is 0 Å². The van der Waals surface area contributed by atoms with Gasteiger partial charge in [-0.05, 0) is 11.8 Å². The van der Waals surface area contributed by atoms with Crippen LogP contribution < -0.4 is 0 Å². The summed E-state index contributed by atoms with van der Waals surface area (Å²) in [6.07, 6.45) is 47.3. The van der Waals surface area contributed by atoms with Gasteiger partial charge in [-0.1, -0.05) is 233 Å². The van der Waals surface area contributed by atoms with Gasteiger partial charge in [-0.15, -0.1) is 0 Å². The second-order valence-corrected chi connectivity index (χ2v) is 13.2. The Kier molecular flexibility index (Phi) is 33.2. The molecule has 0 rings (SSSR count). The molecule has 230 valence electrons. The maximum atomic E-state index is 2.34. The molecule has 1 unspecified atom stereocenters. The van der Waals surface area contributed by atoms with Gasteiger partial charge in [0.05, 0.1) is 0 Å². The lowest BCUT2D eigenvalue weighted by molar-refractivity contribution is 0.346. The summed E-state index contributed by atoms with van der Waals surface area (Å²) in [5.74, 6) is 2.06. The molecular formula is C38H78. The van der Waals surface area contributed by atoms with Crippen molar-refractivity contribution in [2.75, 3.05) is 0 Å². The summed E-state index contributed by atoms with van der Waals surface area (Å²) in [4.78, 5) is 0. The Morgan fingerprint density at radius 2 is 0.368 bits per heavy atom. The van der Waals surface area contributed by atoms with E-state index in [0.29, 0.717) is 0 Å². The summed E-state index contributed by atoms with van der Waals surface area (Å²) in [6, 6.07) is 0. The largest absolute Gasteiger partial charge is 0.0654 e. The first-order chi connectivity index (χ1) is 18.8. The van der Waals surface area contributed by atoms with Crippen LogP contribution in [0.2, 0.25) is 0 Å². The smallest absolute Gasteiger partial charge is 0.0414 e. The van der Waals surface area contributed by atoms with E-state index in [4.69, 9.17) is 0 Å². The Balaban J connectivity index is 4.27. The minimum Gasteiger partial charge on any atom is -0.0654 e. The summed E-state index contributed by atoms with van der Waals surface area (Å²) in [5.41, 5.74) is 0. The molecule has 0 aliphatic heterocycles. The van der Waals surface area contributed by atoms with E-state index in [9.17, 15) is 0 Å². The summed E-state index contributed by atoms with van der Waals surface area (Å²) < 4.78 is 0.